The number of rotatable bonds is 5. The molecule has 0 atom stereocenters. The van der Waals surface area contributed by atoms with E-state index in [4.69, 9.17) is 17.1 Å². The first kappa shape index (κ1) is 18.7. The largest absolute Gasteiger partial charge is 0.456 e. The van der Waals surface area contributed by atoms with Crippen molar-refractivity contribution in [3.8, 4) is 22.3 Å². The molecule has 0 unspecified atom stereocenters. The van der Waals surface area contributed by atoms with Crippen LogP contribution in [-0.4, -0.2) is 0 Å². The summed E-state index contributed by atoms with van der Waals surface area (Å²) < 4.78 is 111. The highest BCUT2D eigenvalue weighted by molar-refractivity contribution is 6.19. The molecule has 0 aliphatic rings. The van der Waals surface area contributed by atoms with Crippen molar-refractivity contribution < 1.29 is 23.9 Å². The van der Waals surface area contributed by atoms with Crippen molar-refractivity contribution in [2.24, 2.45) is 0 Å². The van der Waals surface area contributed by atoms with Gasteiger partial charge in [0.15, 0.2) is 0 Å². The Morgan fingerprint density at radius 2 is 1.22 bits per heavy atom. The normalized spacial score (nSPS) is 14.8. The minimum absolute atomic E-state index is 0.112. The molecule has 0 saturated carbocycles. The first-order valence-electron chi connectivity index (χ1n) is 21.2. The Kier molecular flexibility index (Phi) is 4.19. The first-order chi connectivity index (χ1) is 28.9. The Morgan fingerprint density at radius 3 is 2.14 bits per heavy atom. The van der Waals surface area contributed by atoms with Gasteiger partial charge in [0.25, 0.3) is 0 Å². The molecule has 49 heavy (non-hydrogen) atoms. The molecule has 0 amide bonds. The average Bonchev–Trinajstić information content (AvgIpc) is 3.87. The van der Waals surface area contributed by atoms with Crippen LogP contribution in [0.4, 0.5) is 17.1 Å². The van der Waals surface area contributed by atoms with Gasteiger partial charge < -0.3 is 13.7 Å². The third-order valence-electron chi connectivity index (χ3n) is 8.79. The molecule has 0 spiro atoms. The van der Waals surface area contributed by atoms with Gasteiger partial charge in [0.2, 0.25) is 0 Å². The van der Waals surface area contributed by atoms with Crippen molar-refractivity contribution in [2.45, 2.75) is 0 Å². The Balaban J connectivity index is 1.27. The van der Waals surface area contributed by atoms with Crippen LogP contribution in [0.3, 0.4) is 0 Å². The second-order valence-corrected chi connectivity index (χ2v) is 11.7. The molecule has 0 radical (unpaired) electrons. The van der Waals surface area contributed by atoms with Gasteiger partial charge in [-0.3, -0.25) is 0 Å². The van der Waals surface area contributed by atoms with Gasteiger partial charge in [0, 0.05) is 32.9 Å². The van der Waals surface area contributed by atoms with Crippen LogP contribution in [0.25, 0.3) is 76.9 Å². The SMILES string of the molecule is [2H]c1c([2H])c(N(c2cccc(-c3ccccc3)c2)c2cccc3oc4c5ccccc5ccc4c23)c([2H])c([2H])c1-c1c([2H])c([2H])c2c(oc3c([2H])c([2H])c([2H])c([2H])c32)c1[2H]. The maximum absolute atomic E-state index is 9.62. The van der Waals surface area contributed by atoms with Gasteiger partial charge in [0.1, 0.15) is 22.3 Å². The molecule has 10 aromatic rings. The predicted octanol–water partition coefficient (Wildman–Crippen LogP) is 13.4. The summed E-state index contributed by atoms with van der Waals surface area (Å²) in [5.41, 5.74) is 2.41. The van der Waals surface area contributed by atoms with Crippen molar-refractivity contribution in [3.63, 3.8) is 0 Å². The smallest absolute Gasteiger partial charge is 0.143 e. The number of hydrogen-bond acceptors (Lipinski definition) is 3. The van der Waals surface area contributed by atoms with Crippen molar-refractivity contribution in [1.82, 2.24) is 0 Å². The van der Waals surface area contributed by atoms with Crippen LogP contribution in [0.2, 0.25) is 0 Å². The van der Waals surface area contributed by atoms with Gasteiger partial charge in [-0.15, -0.1) is 0 Å². The summed E-state index contributed by atoms with van der Waals surface area (Å²) in [7, 11) is 0. The minimum Gasteiger partial charge on any atom is -0.456 e. The van der Waals surface area contributed by atoms with E-state index in [1.165, 1.54) is 0 Å². The van der Waals surface area contributed by atoms with Crippen molar-refractivity contribution in [3.05, 3.63) is 176 Å². The lowest BCUT2D eigenvalue weighted by Gasteiger charge is -2.27. The van der Waals surface area contributed by atoms with Crippen molar-refractivity contribution >= 4 is 71.7 Å². The summed E-state index contributed by atoms with van der Waals surface area (Å²) >= 11 is 0. The lowest BCUT2D eigenvalue weighted by Crippen LogP contribution is -2.10. The van der Waals surface area contributed by atoms with Crippen LogP contribution in [0.5, 0.6) is 0 Å². The van der Waals surface area contributed by atoms with Gasteiger partial charge >= 0.3 is 0 Å². The zero-order chi connectivity index (χ0) is 41.9. The molecule has 0 N–H and O–H groups in total. The molecular weight excluding hydrogens is 599 g/mol. The molecule has 0 aliphatic heterocycles. The van der Waals surface area contributed by atoms with Crippen molar-refractivity contribution in [2.75, 3.05) is 4.90 Å². The molecule has 0 bridgehead atoms. The number of hydrogen-bond donors (Lipinski definition) is 0. The quantitative estimate of drug-likeness (QED) is 0.188. The first-order valence-corrected chi connectivity index (χ1v) is 15.7. The van der Waals surface area contributed by atoms with Crippen LogP contribution >= 0.6 is 0 Å². The van der Waals surface area contributed by atoms with Crippen LogP contribution < -0.4 is 4.90 Å². The molecule has 8 aromatic carbocycles. The molecule has 10 rings (SSSR count). The van der Waals surface area contributed by atoms with E-state index < -0.39 is 77.6 Å². The summed E-state index contributed by atoms with van der Waals surface area (Å²) in [6.45, 7) is 0. The van der Waals surface area contributed by atoms with Crippen LogP contribution in [0, 0.1) is 0 Å². The van der Waals surface area contributed by atoms with Gasteiger partial charge in [-0.25, -0.2) is 0 Å². The lowest BCUT2D eigenvalue weighted by molar-refractivity contribution is 0.669. The Hall–Kier alpha value is -6.58. The van der Waals surface area contributed by atoms with E-state index in [1.54, 1.807) is 11.0 Å². The number of anilines is 3. The van der Waals surface area contributed by atoms with E-state index >= 15 is 0 Å². The fraction of sp³-hybridized carbons (Fsp3) is 0. The summed E-state index contributed by atoms with van der Waals surface area (Å²) in [6.07, 6.45) is 0. The van der Waals surface area contributed by atoms with Gasteiger partial charge in [-0.05, 0) is 88.2 Å². The highest BCUT2D eigenvalue weighted by atomic mass is 16.3. The number of nitrogens with zero attached hydrogens (tertiary/aromatic N) is 1. The molecule has 0 saturated heterocycles. The average molecular weight is 639 g/mol. The van der Waals surface area contributed by atoms with E-state index in [0.717, 1.165) is 27.3 Å². The number of fused-ring (bicyclic) bond motifs is 8. The minimum atomic E-state index is -0.620. The highest BCUT2D eigenvalue weighted by Gasteiger charge is 2.21. The van der Waals surface area contributed by atoms with Crippen molar-refractivity contribution in [1.29, 1.82) is 0 Å². The Bertz CT molecular complexity index is 3440. The lowest BCUT2D eigenvalue weighted by atomic mass is 10.0. The predicted molar refractivity (Wildman–Crippen MR) is 204 cm³/mol. The fourth-order valence-electron chi connectivity index (χ4n) is 6.53. The Labute approximate surface area is 298 Å². The highest BCUT2D eigenvalue weighted by Crippen LogP contribution is 2.45. The van der Waals surface area contributed by atoms with Crippen LogP contribution in [0.1, 0.15) is 15.1 Å². The molecule has 2 aromatic heterocycles. The van der Waals surface area contributed by atoms with E-state index in [2.05, 4.69) is 0 Å². The summed E-state index contributed by atoms with van der Waals surface area (Å²) in [4.78, 5) is 1.67. The second kappa shape index (κ2) is 11.0. The molecule has 3 heteroatoms. The summed E-state index contributed by atoms with van der Waals surface area (Å²) in [5.74, 6) is 0. The number of benzene rings is 8. The maximum atomic E-state index is 9.62. The Morgan fingerprint density at radius 1 is 0.449 bits per heavy atom. The van der Waals surface area contributed by atoms with E-state index in [-0.39, 0.29) is 27.6 Å². The molecule has 230 valence electrons. The fourth-order valence-corrected chi connectivity index (χ4v) is 6.53. The second-order valence-electron chi connectivity index (χ2n) is 11.7. The topological polar surface area (TPSA) is 29.5 Å². The van der Waals surface area contributed by atoms with Gasteiger partial charge in [0.05, 0.1) is 26.2 Å². The van der Waals surface area contributed by atoms with Gasteiger partial charge in [-0.1, -0.05) is 115 Å². The maximum Gasteiger partial charge on any atom is 0.143 e. The zero-order valence-electron chi connectivity index (χ0n) is 36.7. The third-order valence-corrected chi connectivity index (χ3v) is 8.79. The van der Waals surface area contributed by atoms with Gasteiger partial charge in [-0.2, -0.15) is 0 Å². The van der Waals surface area contributed by atoms with E-state index in [0.29, 0.717) is 27.9 Å². The standard InChI is InChI=1S/C46H29NO2/c1-2-10-30(11-3-1)33-13-8-14-36(28-33)47(41-17-9-19-43-45(41)40-27-22-32-12-4-5-15-37(32)46(40)49-43)35-24-20-31(21-25-35)34-23-26-39-38-16-6-7-18-42(38)48-44(39)29-34/h1-29H/i6D,7D,16D,18D,20D,21D,23D,24D,25D,26D,29D. The summed E-state index contributed by atoms with van der Waals surface area (Å²) in [5, 5.41) is 2.99. The molecule has 2 heterocycles. The zero-order valence-corrected chi connectivity index (χ0v) is 25.7. The number of para-hydroxylation sites is 1. The van der Waals surface area contributed by atoms with Crippen LogP contribution in [-0.2, 0) is 0 Å². The molecular formula is C46H29NO2. The monoisotopic (exact) mass is 638 g/mol. The molecule has 3 nitrogen and oxygen atoms in total. The number of furan rings is 2. The van der Waals surface area contributed by atoms with Crippen LogP contribution in [0.15, 0.2) is 184 Å². The molecule has 0 fully saturated rings. The van der Waals surface area contributed by atoms with E-state index in [1.807, 2.05) is 103 Å². The molecule has 0 aliphatic carbocycles. The third kappa shape index (κ3) is 4.51. The van der Waals surface area contributed by atoms with E-state index in [9.17, 15) is 6.85 Å². The summed E-state index contributed by atoms with van der Waals surface area (Å²) in [6, 6.07) is 28.5.